The first-order chi connectivity index (χ1) is 8.79. The second-order valence-electron chi connectivity index (χ2n) is 5.56. The predicted octanol–water partition coefficient (Wildman–Crippen LogP) is 3.42. The summed E-state index contributed by atoms with van der Waals surface area (Å²) >= 11 is 0. The van der Waals surface area contributed by atoms with Gasteiger partial charge in [-0.2, -0.15) is 0 Å². The topological polar surface area (TPSA) is 17.0 Å². The van der Waals surface area contributed by atoms with Gasteiger partial charge in [-0.15, -0.1) is 0 Å². The third-order valence-corrected chi connectivity index (χ3v) is 4.45. The SMILES string of the molecule is CNC1CCCC(c2cn(C)c3ccccc23)C1. The van der Waals surface area contributed by atoms with Crippen LogP contribution in [0.1, 0.15) is 37.2 Å². The zero-order valence-corrected chi connectivity index (χ0v) is 11.3. The first-order valence-corrected chi connectivity index (χ1v) is 7.01. The minimum Gasteiger partial charge on any atom is -0.350 e. The number of hydrogen-bond donors (Lipinski definition) is 1. The van der Waals surface area contributed by atoms with Gasteiger partial charge in [0.15, 0.2) is 0 Å². The summed E-state index contributed by atoms with van der Waals surface area (Å²) in [4.78, 5) is 0. The molecule has 2 nitrogen and oxygen atoms in total. The third kappa shape index (κ3) is 1.95. The standard InChI is InChI=1S/C16H22N2/c1-17-13-7-5-6-12(10-13)15-11-18(2)16-9-4-3-8-14(15)16/h3-4,8-9,11-13,17H,5-7,10H2,1-2H3. The molecule has 18 heavy (non-hydrogen) atoms. The molecule has 2 aromatic rings. The average molecular weight is 242 g/mol. The summed E-state index contributed by atoms with van der Waals surface area (Å²) < 4.78 is 2.27. The lowest BCUT2D eigenvalue weighted by Crippen LogP contribution is -2.30. The van der Waals surface area contributed by atoms with Gasteiger partial charge in [0.05, 0.1) is 0 Å². The highest BCUT2D eigenvalue weighted by Gasteiger charge is 2.24. The first-order valence-electron chi connectivity index (χ1n) is 7.01. The summed E-state index contributed by atoms with van der Waals surface area (Å²) in [5.41, 5.74) is 2.91. The summed E-state index contributed by atoms with van der Waals surface area (Å²) in [5.74, 6) is 0.724. The molecule has 1 fully saturated rings. The summed E-state index contributed by atoms with van der Waals surface area (Å²) in [6, 6.07) is 9.47. The molecule has 2 heteroatoms. The number of para-hydroxylation sites is 1. The Balaban J connectivity index is 1.98. The molecule has 0 saturated heterocycles. The first kappa shape index (κ1) is 11.8. The Kier molecular flexibility index (Phi) is 3.13. The molecule has 1 aliphatic carbocycles. The van der Waals surface area contributed by atoms with E-state index in [2.05, 4.69) is 54.4 Å². The van der Waals surface area contributed by atoms with Gasteiger partial charge >= 0.3 is 0 Å². The molecule has 0 radical (unpaired) electrons. The number of benzene rings is 1. The lowest BCUT2D eigenvalue weighted by atomic mass is 9.81. The zero-order valence-electron chi connectivity index (χ0n) is 11.3. The van der Waals surface area contributed by atoms with E-state index in [9.17, 15) is 0 Å². The fourth-order valence-electron chi connectivity index (χ4n) is 3.43. The van der Waals surface area contributed by atoms with Crippen LogP contribution in [0.3, 0.4) is 0 Å². The lowest BCUT2D eigenvalue weighted by molar-refractivity contribution is 0.356. The molecule has 1 N–H and O–H groups in total. The summed E-state index contributed by atoms with van der Waals surface area (Å²) in [5, 5.41) is 4.90. The number of fused-ring (bicyclic) bond motifs is 1. The highest BCUT2D eigenvalue weighted by molar-refractivity contribution is 5.84. The Labute approximate surface area is 109 Å². The van der Waals surface area contributed by atoms with Gasteiger partial charge in [-0.05, 0) is 43.9 Å². The molecule has 1 saturated carbocycles. The number of hydrogen-bond acceptors (Lipinski definition) is 1. The van der Waals surface area contributed by atoms with E-state index in [1.165, 1.54) is 36.6 Å². The van der Waals surface area contributed by atoms with Crippen LogP contribution in [0.25, 0.3) is 10.9 Å². The smallest absolute Gasteiger partial charge is 0.0480 e. The van der Waals surface area contributed by atoms with E-state index in [4.69, 9.17) is 0 Å². The molecule has 1 aromatic heterocycles. The van der Waals surface area contributed by atoms with E-state index in [0.717, 1.165) is 5.92 Å². The Morgan fingerprint density at radius 2 is 2.06 bits per heavy atom. The number of aromatic nitrogens is 1. The molecule has 3 rings (SSSR count). The normalized spacial score (nSPS) is 24.6. The van der Waals surface area contributed by atoms with Crippen LogP contribution >= 0.6 is 0 Å². The molecule has 0 bridgehead atoms. The molecule has 2 unspecified atom stereocenters. The molecule has 2 atom stereocenters. The predicted molar refractivity (Wildman–Crippen MR) is 77.0 cm³/mol. The van der Waals surface area contributed by atoms with Gasteiger partial charge in [-0.25, -0.2) is 0 Å². The van der Waals surface area contributed by atoms with Crippen LogP contribution < -0.4 is 5.32 Å². The van der Waals surface area contributed by atoms with E-state index < -0.39 is 0 Å². The van der Waals surface area contributed by atoms with Crippen molar-refractivity contribution in [3.8, 4) is 0 Å². The van der Waals surface area contributed by atoms with Crippen LogP contribution in [0.5, 0.6) is 0 Å². The lowest BCUT2D eigenvalue weighted by Gasteiger charge is -2.28. The molecule has 1 aromatic carbocycles. The third-order valence-electron chi connectivity index (χ3n) is 4.45. The van der Waals surface area contributed by atoms with Gasteiger partial charge in [0, 0.05) is 30.2 Å². The van der Waals surface area contributed by atoms with Gasteiger partial charge in [0.25, 0.3) is 0 Å². The van der Waals surface area contributed by atoms with Gasteiger partial charge in [-0.3, -0.25) is 0 Å². The Hall–Kier alpha value is -1.28. The molecule has 0 spiro atoms. The van der Waals surface area contributed by atoms with Crippen molar-refractivity contribution in [3.05, 3.63) is 36.0 Å². The van der Waals surface area contributed by atoms with Crippen LogP contribution in [-0.2, 0) is 7.05 Å². The zero-order chi connectivity index (χ0) is 12.5. The summed E-state index contributed by atoms with van der Waals surface area (Å²) in [7, 11) is 4.25. The molecular formula is C16H22N2. The molecular weight excluding hydrogens is 220 g/mol. The van der Waals surface area contributed by atoms with E-state index in [1.54, 1.807) is 5.56 Å². The van der Waals surface area contributed by atoms with Crippen molar-refractivity contribution in [1.29, 1.82) is 0 Å². The maximum Gasteiger partial charge on any atom is 0.0480 e. The van der Waals surface area contributed by atoms with Crippen molar-refractivity contribution in [2.75, 3.05) is 7.05 Å². The monoisotopic (exact) mass is 242 g/mol. The highest BCUT2D eigenvalue weighted by Crippen LogP contribution is 2.37. The summed E-state index contributed by atoms with van der Waals surface area (Å²) in [6.45, 7) is 0. The molecule has 0 amide bonds. The Morgan fingerprint density at radius 3 is 2.89 bits per heavy atom. The Bertz CT molecular complexity index is 541. The van der Waals surface area contributed by atoms with Crippen molar-refractivity contribution in [2.45, 2.75) is 37.6 Å². The molecule has 1 heterocycles. The summed E-state index contributed by atoms with van der Waals surface area (Å²) in [6.07, 6.45) is 7.64. The second kappa shape index (κ2) is 4.77. The van der Waals surface area contributed by atoms with Crippen molar-refractivity contribution in [3.63, 3.8) is 0 Å². The van der Waals surface area contributed by atoms with Crippen molar-refractivity contribution >= 4 is 10.9 Å². The van der Waals surface area contributed by atoms with Crippen LogP contribution in [-0.4, -0.2) is 17.7 Å². The fraction of sp³-hybridized carbons (Fsp3) is 0.500. The molecule has 1 aliphatic rings. The minimum absolute atomic E-state index is 0.697. The maximum atomic E-state index is 3.45. The van der Waals surface area contributed by atoms with Gasteiger partial charge in [0.1, 0.15) is 0 Å². The maximum absolute atomic E-state index is 3.45. The van der Waals surface area contributed by atoms with E-state index >= 15 is 0 Å². The Morgan fingerprint density at radius 1 is 1.22 bits per heavy atom. The quantitative estimate of drug-likeness (QED) is 0.854. The second-order valence-corrected chi connectivity index (χ2v) is 5.56. The van der Waals surface area contributed by atoms with Gasteiger partial charge in [-0.1, -0.05) is 24.6 Å². The largest absolute Gasteiger partial charge is 0.350 e. The minimum atomic E-state index is 0.697. The van der Waals surface area contributed by atoms with Crippen molar-refractivity contribution in [1.82, 2.24) is 9.88 Å². The number of aryl methyl sites for hydroxylation is 1. The molecule has 0 aliphatic heterocycles. The fourth-order valence-corrected chi connectivity index (χ4v) is 3.43. The van der Waals surface area contributed by atoms with E-state index in [0.29, 0.717) is 6.04 Å². The van der Waals surface area contributed by atoms with E-state index in [1.807, 2.05) is 0 Å². The van der Waals surface area contributed by atoms with Crippen molar-refractivity contribution in [2.24, 2.45) is 7.05 Å². The number of nitrogens with zero attached hydrogens (tertiary/aromatic N) is 1. The number of rotatable bonds is 2. The van der Waals surface area contributed by atoms with Gasteiger partial charge in [0.2, 0.25) is 0 Å². The van der Waals surface area contributed by atoms with Crippen LogP contribution in [0.4, 0.5) is 0 Å². The van der Waals surface area contributed by atoms with Crippen LogP contribution in [0, 0.1) is 0 Å². The average Bonchev–Trinajstić information content (AvgIpc) is 2.77. The van der Waals surface area contributed by atoms with Gasteiger partial charge < -0.3 is 9.88 Å². The molecule has 96 valence electrons. The van der Waals surface area contributed by atoms with Crippen molar-refractivity contribution < 1.29 is 0 Å². The van der Waals surface area contributed by atoms with Crippen LogP contribution in [0.2, 0.25) is 0 Å². The number of nitrogens with one attached hydrogen (secondary N) is 1. The van der Waals surface area contributed by atoms with Crippen LogP contribution in [0.15, 0.2) is 30.5 Å². The van der Waals surface area contributed by atoms with E-state index in [-0.39, 0.29) is 0 Å². The highest BCUT2D eigenvalue weighted by atomic mass is 14.9.